The summed E-state index contributed by atoms with van der Waals surface area (Å²) in [6.45, 7) is 4.61. The second-order valence-corrected chi connectivity index (χ2v) is 4.63. The first-order valence-electron chi connectivity index (χ1n) is 5.98. The molecule has 18 heavy (non-hydrogen) atoms. The van der Waals surface area contributed by atoms with E-state index in [9.17, 15) is 4.39 Å². The number of aromatic nitrogens is 1. The van der Waals surface area contributed by atoms with Crippen molar-refractivity contribution >= 4 is 11.6 Å². The fraction of sp³-hybridized carbons (Fsp3) is 0.286. The molecule has 0 atom stereocenters. The quantitative estimate of drug-likeness (QED) is 0.877. The number of hydrogen-bond acceptors (Lipinski definition) is 1. The molecule has 0 saturated heterocycles. The monoisotopic (exact) mass is 266 g/mol. The van der Waals surface area contributed by atoms with Crippen LogP contribution in [-0.4, -0.2) is 11.1 Å². The van der Waals surface area contributed by atoms with Gasteiger partial charge in [-0.1, -0.05) is 24.6 Å². The third-order valence-electron chi connectivity index (χ3n) is 2.74. The molecule has 2 rings (SSSR count). The minimum absolute atomic E-state index is 0.174. The lowest BCUT2D eigenvalue weighted by atomic mass is 10.2. The van der Waals surface area contributed by atoms with Crippen LogP contribution in [0.4, 0.5) is 4.39 Å². The van der Waals surface area contributed by atoms with E-state index in [2.05, 4.69) is 29.1 Å². The lowest BCUT2D eigenvalue weighted by Crippen LogP contribution is -2.11. The Morgan fingerprint density at radius 1 is 1.28 bits per heavy atom. The van der Waals surface area contributed by atoms with Crippen molar-refractivity contribution in [1.29, 1.82) is 0 Å². The molecule has 0 aliphatic carbocycles. The molecule has 1 aromatic carbocycles. The molecule has 1 heterocycles. The average molecular weight is 267 g/mol. The van der Waals surface area contributed by atoms with E-state index in [1.807, 2.05) is 6.20 Å². The molecule has 0 amide bonds. The summed E-state index contributed by atoms with van der Waals surface area (Å²) in [5, 5.41) is 3.45. The zero-order chi connectivity index (χ0) is 13.0. The molecule has 2 nitrogen and oxygen atoms in total. The van der Waals surface area contributed by atoms with Crippen molar-refractivity contribution in [2.45, 2.75) is 20.0 Å². The lowest BCUT2D eigenvalue weighted by molar-refractivity contribution is 0.626. The molecular weight excluding hydrogens is 251 g/mol. The molecule has 0 aliphatic heterocycles. The van der Waals surface area contributed by atoms with Crippen LogP contribution in [0.3, 0.4) is 0 Å². The predicted octanol–water partition coefficient (Wildman–Crippen LogP) is 3.44. The Kier molecular flexibility index (Phi) is 4.39. The van der Waals surface area contributed by atoms with E-state index in [-0.39, 0.29) is 10.8 Å². The first-order chi connectivity index (χ1) is 8.69. The smallest absolute Gasteiger partial charge is 0.141 e. The minimum Gasteiger partial charge on any atom is -0.350 e. The summed E-state index contributed by atoms with van der Waals surface area (Å²) in [6.07, 6.45) is 4.10. The van der Waals surface area contributed by atoms with Gasteiger partial charge in [0.15, 0.2) is 0 Å². The van der Waals surface area contributed by atoms with Gasteiger partial charge in [0.2, 0.25) is 0 Å². The van der Waals surface area contributed by atoms with Gasteiger partial charge in [-0.2, -0.15) is 0 Å². The SMILES string of the molecule is CCNCc1ccn(Cc2ccc(F)c(Cl)c2)c1. The highest BCUT2D eigenvalue weighted by Crippen LogP contribution is 2.17. The second-order valence-electron chi connectivity index (χ2n) is 4.22. The Hall–Kier alpha value is -1.32. The summed E-state index contributed by atoms with van der Waals surface area (Å²) >= 11 is 5.76. The van der Waals surface area contributed by atoms with Gasteiger partial charge in [0, 0.05) is 25.5 Å². The zero-order valence-electron chi connectivity index (χ0n) is 10.3. The van der Waals surface area contributed by atoms with Gasteiger partial charge in [0.25, 0.3) is 0 Å². The van der Waals surface area contributed by atoms with Crippen LogP contribution in [0, 0.1) is 5.82 Å². The fourth-order valence-electron chi connectivity index (χ4n) is 1.81. The van der Waals surface area contributed by atoms with Crippen LogP contribution in [0.25, 0.3) is 0 Å². The Labute approximate surface area is 111 Å². The molecule has 0 bridgehead atoms. The first-order valence-corrected chi connectivity index (χ1v) is 6.36. The van der Waals surface area contributed by atoms with Crippen LogP contribution in [0.5, 0.6) is 0 Å². The maximum Gasteiger partial charge on any atom is 0.141 e. The minimum atomic E-state index is -0.374. The third kappa shape index (κ3) is 3.34. The fourth-order valence-corrected chi connectivity index (χ4v) is 2.01. The van der Waals surface area contributed by atoms with E-state index < -0.39 is 0 Å². The molecule has 2 aromatic rings. The number of halogens is 2. The van der Waals surface area contributed by atoms with Crippen molar-refractivity contribution in [2.24, 2.45) is 0 Å². The number of benzene rings is 1. The molecule has 0 spiro atoms. The van der Waals surface area contributed by atoms with Crippen LogP contribution in [-0.2, 0) is 13.1 Å². The van der Waals surface area contributed by atoms with E-state index in [1.54, 1.807) is 12.1 Å². The van der Waals surface area contributed by atoms with Crippen molar-refractivity contribution in [3.63, 3.8) is 0 Å². The van der Waals surface area contributed by atoms with Crippen molar-refractivity contribution in [1.82, 2.24) is 9.88 Å². The molecule has 0 saturated carbocycles. The van der Waals surface area contributed by atoms with Gasteiger partial charge in [-0.15, -0.1) is 0 Å². The molecule has 96 valence electrons. The highest BCUT2D eigenvalue weighted by Gasteiger charge is 2.02. The third-order valence-corrected chi connectivity index (χ3v) is 3.03. The average Bonchev–Trinajstić information content (AvgIpc) is 2.79. The topological polar surface area (TPSA) is 17.0 Å². The summed E-state index contributed by atoms with van der Waals surface area (Å²) in [4.78, 5) is 0. The predicted molar refractivity (Wildman–Crippen MR) is 72.3 cm³/mol. The van der Waals surface area contributed by atoms with Gasteiger partial charge < -0.3 is 9.88 Å². The normalized spacial score (nSPS) is 10.8. The molecule has 1 aromatic heterocycles. The Balaban J connectivity index is 2.04. The highest BCUT2D eigenvalue weighted by molar-refractivity contribution is 6.30. The number of hydrogen-bond donors (Lipinski definition) is 1. The van der Waals surface area contributed by atoms with Crippen molar-refractivity contribution < 1.29 is 4.39 Å². The van der Waals surface area contributed by atoms with E-state index in [4.69, 9.17) is 11.6 Å². The van der Waals surface area contributed by atoms with E-state index in [1.165, 1.54) is 11.6 Å². The first kappa shape index (κ1) is 13.1. The summed E-state index contributed by atoms with van der Waals surface area (Å²) in [7, 11) is 0. The van der Waals surface area contributed by atoms with Crippen LogP contribution >= 0.6 is 11.6 Å². The number of rotatable bonds is 5. The summed E-state index contributed by atoms with van der Waals surface area (Å²) in [6, 6.07) is 6.90. The second kappa shape index (κ2) is 6.03. The van der Waals surface area contributed by atoms with Crippen molar-refractivity contribution in [2.75, 3.05) is 6.54 Å². The molecule has 0 fully saturated rings. The van der Waals surface area contributed by atoms with Crippen LogP contribution in [0.15, 0.2) is 36.7 Å². The van der Waals surface area contributed by atoms with Crippen LogP contribution < -0.4 is 5.32 Å². The summed E-state index contributed by atoms with van der Waals surface area (Å²) in [5.41, 5.74) is 2.23. The zero-order valence-corrected chi connectivity index (χ0v) is 11.0. The summed E-state index contributed by atoms with van der Waals surface area (Å²) < 4.78 is 15.1. The molecule has 4 heteroatoms. The number of nitrogens with zero attached hydrogens (tertiary/aromatic N) is 1. The van der Waals surface area contributed by atoms with Gasteiger partial charge in [-0.3, -0.25) is 0 Å². The standard InChI is InChI=1S/C14H16ClFN2/c1-2-17-8-12-5-6-18(10-12)9-11-3-4-14(16)13(15)7-11/h3-7,10,17H,2,8-9H2,1H3. The summed E-state index contributed by atoms with van der Waals surface area (Å²) in [5.74, 6) is -0.374. The van der Waals surface area contributed by atoms with Gasteiger partial charge in [0.05, 0.1) is 5.02 Å². The lowest BCUT2D eigenvalue weighted by Gasteiger charge is -2.04. The maximum absolute atomic E-state index is 13.0. The van der Waals surface area contributed by atoms with Gasteiger partial charge in [0.1, 0.15) is 5.82 Å². The Morgan fingerprint density at radius 2 is 2.11 bits per heavy atom. The molecule has 0 aliphatic rings. The van der Waals surface area contributed by atoms with Crippen molar-refractivity contribution in [3.05, 3.63) is 58.6 Å². The highest BCUT2D eigenvalue weighted by atomic mass is 35.5. The largest absolute Gasteiger partial charge is 0.350 e. The van der Waals surface area contributed by atoms with Gasteiger partial charge in [-0.05, 0) is 35.9 Å². The molecule has 0 radical (unpaired) electrons. The Morgan fingerprint density at radius 3 is 2.83 bits per heavy atom. The molecule has 1 N–H and O–H groups in total. The maximum atomic E-state index is 13.0. The van der Waals surface area contributed by atoms with E-state index in [0.717, 1.165) is 18.7 Å². The van der Waals surface area contributed by atoms with Crippen LogP contribution in [0.2, 0.25) is 5.02 Å². The molecule has 0 unspecified atom stereocenters. The number of nitrogens with one attached hydrogen (secondary N) is 1. The van der Waals surface area contributed by atoms with Crippen LogP contribution in [0.1, 0.15) is 18.1 Å². The van der Waals surface area contributed by atoms with Gasteiger partial charge in [-0.25, -0.2) is 4.39 Å². The van der Waals surface area contributed by atoms with Gasteiger partial charge >= 0.3 is 0 Å². The molecular formula is C14H16ClFN2. The van der Waals surface area contributed by atoms with Crippen molar-refractivity contribution in [3.8, 4) is 0 Å². The Bertz CT molecular complexity index is 522. The van der Waals surface area contributed by atoms with E-state index in [0.29, 0.717) is 6.54 Å². The van der Waals surface area contributed by atoms with E-state index >= 15 is 0 Å².